The number of nitrogens with zero attached hydrogens (tertiary/aromatic N) is 4. The first kappa shape index (κ1) is 17.9. The van der Waals surface area contributed by atoms with Crippen molar-refractivity contribution in [3.05, 3.63) is 83.9 Å². The van der Waals surface area contributed by atoms with E-state index in [2.05, 4.69) is 39.2 Å². The average molecular weight is 362 g/mol. The van der Waals surface area contributed by atoms with Gasteiger partial charge in [0.2, 0.25) is 0 Å². The van der Waals surface area contributed by atoms with Crippen molar-refractivity contribution in [1.82, 2.24) is 19.7 Å². The van der Waals surface area contributed by atoms with Gasteiger partial charge < -0.3 is 5.11 Å². The van der Waals surface area contributed by atoms with Gasteiger partial charge in [-0.1, -0.05) is 30.3 Å². The molecule has 0 unspecified atom stereocenters. The molecule has 1 saturated heterocycles. The van der Waals surface area contributed by atoms with Gasteiger partial charge in [0.25, 0.3) is 0 Å². The van der Waals surface area contributed by atoms with E-state index in [1.165, 1.54) is 11.1 Å². The van der Waals surface area contributed by atoms with Crippen molar-refractivity contribution in [2.24, 2.45) is 5.92 Å². The quantitative estimate of drug-likeness (QED) is 0.731. The fraction of sp³-hybridized carbons (Fsp3) is 0.364. The molecule has 5 heteroatoms. The summed E-state index contributed by atoms with van der Waals surface area (Å²) in [5, 5.41) is 14.9. The van der Waals surface area contributed by atoms with Crippen molar-refractivity contribution in [2.75, 3.05) is 13.1 Å². The predicted molar refractivity (Wildman–Crippen MR) is 105 cm³/mol. The van der Waals surface area contributed by atoms with Crippen LogP contribution in [0.1, 0.15) is 35.8 Å². The molecule has 3 aromatic rings. The lowest BCUT2D eigenvalue weighted by atomic mass is 9.89. The first-order valence-electron chi connectivity index (χ1n) is 9.64. The molecule has 1 aliphatic heterocycles. The molecule has 0 spiro atoms. The summed E-state index contributed by atoms with van der Waals surface area (Å²) in [6.45, 7) is 3.79. The summed E-state index contributed by atoms with van der Waals surface area (Å²) in [5.74, 6) is 0.294. The third-order valence-corrected chi connectivity index (χ3v) is 5.37. The highest BCUT2D eigenvalue weighted by atomic mass is 16.3. The van der Waals surface area contributed by atoms with Gasteiger partial charge in [-0.3, -0.25) is 14.6 Å². The van der Waals surface area contributed by atoms with Crippen LogP contribution in [0.15, 0.2) is 67.1 Å². The number of aromatic nitrogens is 3. The standard InChI is InChI=1S/C22H26N4O/c27-22(21-7-1-2-10-23-21)20-8-13-25(14-9-20)16-18-5-3-6-19(15-18)17-26-12-4-11-24-26/h1-7,10-12,15,20,22,27H,8-9,13-14,16-17H2/t22-/m1/s1. The van der Waals surface area contributed by atoms with E-state index in [4.69, 9.17) is 0 Å². The second kappa shape index (κ2) is 8.46. The molecule has 5 nitrogen and oxygen atoms in total. The normalized spacial score (nSPS) is 17.1. The number of hydrogen-bond donors (Lipinski definition) is 1. The van der Waals surface area contributed by atoms with Crippen LogP contribution in [0.3, 0.4) is 0 Å². The predicted octanol–water partition coefficient (Wildman–Crippen LogP) is 3.27. The van der Waals surface area contributed by atoms with E-state index in [9.17, 15) is 5.11 Å². The van der Waals surface area contributed by atoms with Crippen molar-refractivity contribution in [3.8, 4) is 0 Å². The van der Waals surface area contributed by atoms with Crippen molar-refractivity contribution in [2.45, 2.75) is 32.0 Å². The Balaban J connectivity index is 1.31. The third-order valence-electron chi connectivity index (χ3n) is 5.37. The Morgan fingerprint density at radius 1 is 0.963 bits per heavy atom. The molecule has 27 heavy (non-hydrogen) atoms. The number of aliphatic hydroxyl groups excluding tert-OH is 1. The van der Waals surface area contributed by atoms with E-state index in [0.29, 0.717) is 5.92 Å². The van der Waals surface area contributed by atoms with E-state index in [1.807, 2.05) is 41.3 Å². The lowest BCUT2D eigenvalue weighted by molar-refractivity contribution is 0.0540. The van der Waals surface area contributed by atoms with Crippen LogP contribution in [0.4, 0.5) is 0 Å². The van der Waals surface area contributed by atoms with Gasteiger partial charge in [-0.25, -0.2) is 0 Å². The largest absolute Gasteiger partial charge is 0.387 e. The number of pyridine rings is 1. The molecule has 3 heterocycles. The third kappa shape index (κ3) is 4.62. The van der Waals surface area contributed by atoms with E-state index in [0.717, 1.165) is 44.7 Å². The first-order chi connectivity index (χ1) is 13.3. The molecule has 1 N–H and O–H groups in total. The lowest BCUT2D eigenvalue weighted by Gasteiger charge is -2.34. The van der Waals surface area contributed by atoms with Gasteiger partial charge in [0.05, 0.1) is 18.3 Å². The highest BCUT2D eigenvalue weighted by Gasteiger charge is 2.26. The minimum absolute atomic E-state index is 0.294. The fourth-order valence-corrected chi connectivity index (χ4v) is 3.88. The van der Waals surface area contributed by atoms with Gasteiger partial charge in [-0.15, -0.1) is 0 Å². The van der Waals surface area contributed by atoms with E-state index in [-0.39, 0.29) is 0 Å². The maximum atomic E-state index is 10.6. The van der Waals surface area contributed by atoms with Crippen LogP contribution in [0.25, 0.3) is 0 Å². The molecule has 2 aromatic heterocycles. The molecular weight excluding hydrogens is 336 g/mol. The zero-order valence-electron chi connectivity index (χ0n) is 15.5. The van der Waals surface area contributed by atoms with Gasteiger partial charge in [-0.05, 0) is 61.2 Å². The molecule has 0 radical (unpaired) electrons. The van der Waals surface area contributed by atoms with Gasteiger partial charge in [0, 0.05) is 25.1 Å². The van der Waals surface area contributed by atoms with Crippen LogP contribution >= 0.6 is 0 Å². The molecule has 140 valence electrons. The minimum atomic E-state index is -0.453. The number of benzene rings is 1. The summed E-state index contributed by atoms with van der Waals surface area (Å²) in [7, 11) is 0. The Kier molecular flexibility index (Phi) is 5.61. The summed E-state index contributed by atoms with van der Waals surface area (Å²) in [6.07, 6.45) is 7.11. The van der Waals surface area contributed by atoms with Gasteiger partial charge in [0.1, 0.15) is 0 Å². The smallest absolute Gasteiger partial charge is 0.0988 e. The monoisotopic (exact) mass is 362 g/mol. The molecule has 0 aliphatic carbocycles. The summed E-state index contributed by atoms with van der Waals surface area (Å²) >= 11 is 0. The summed E-state index contributed by atoms with van der Waals surface area (Å²) in [5.41, 5.74) is 3.40. The van der Waals surface area contributed by atoms with E-state index >= 15 is 0 Å². The highest BCUT2D eigenvalue weighted by molar-refractivity contribution is 5.23. The highest BCUT2D eigenvalue weighted by Crippen LogP contribution is 2.30. The second-order valence-corrected chi connectivity index (χ2v) is 7.34. The minimum Gasteiger partial charge on any atom is -0.387 e. The maximum Gasteiger partial charge on any atom is 0.0988 e. The van der Waals surface area contributed by atoms with Crippen LogP contribution in [-0.4, -0.2) is 37.9 Å². The number of piperidine rings is 1. The molecule has 0 saturated carbocycles. The molecule has 1 atom stereocenters. The van der Waals surface area contributed by atoms with Crippen molar-refractivity contribution >= 4 is 0 Å². The van der Waals surface area contributed by atoms with Crippen molar-refractivity contribution in [1.29, 1.82) is 0 Å². The average Bonchev–Trinajstić information content (AvgIpc) is 3.22. The molecule has 4 rings (SSSR count). The topological polar surface area (TPSA) is 54.2 Å². The zero-order valence-corrected chi connectivity index (χ0v) is 15.5. The Bertz CT molecular complexity index is 827. The van der Waals surface area contributed by atoms with Crippen molar-refractivity contribution in [3.63, 3.8) is 0 Å². The molecule has 0 bridgehead atoms. The Morgan fingerprint density at radius 3 is 2.48 bits per heavy atom. The van der Waals surface area contributed by atoms with E-state index < -0.39 is 6.10 Å². The number of likely N-dealkylation sites (tertiary alicyclic amines) is 1. The van der Waals surface area contributed by atoms with Crippen LogP contribution in [0.5, 0.6) is 0 Å². The fourth-order valence-electron chi connectivity index (χ4n) is 3.88. The maximum absolute atomic E-state index is 10.6. The zero-order chi connectivity index (χ0) is 18.5. The Hall–Kier alpha value is -2.50. The summed E-state index contributed by atoms with van der Waals surface area (Å²) in [6, 6.07) is 16.5. The van der Waals surface area contributed by atoms with Gasteiger partial charge in [-0.2, -0.15) is 5.10 Å². The second-order valence-electron chi connectivity index (χ2n) is 7.34. The van der Waals surface area contributed by atoms with E-state index in [1.54, 1.807) is 6.20 Å². The number of aliphatic hydroxyl groups is 1. The number of hydrogen-bond acceptors (Lipinski definition) is 4. The van der Waals surface area contributed by atoms with Crippen LogP contribution in [0, 0.1) is 5.92 Å². The molecular formula is C22H26N4O. The Labute approximate surface area is 160 Å². The van der Waals surface area contributed by atoms with Crippen molar-refractivity contribution < 1.29 is 5.11 Å². The first-order valence-corrected chi connectivity index (χ1v) is 9.64. The van der Waals surface area contributed by atoms with Crippen LogP contribution in [-0.2, 0) is 13.1 Å². The van der Waals surface area contributed by atoms with Gasteiger partial charge in [0.15, 0.2) is 0 Å². The molecule has 1 aliphatic rings. The van der Waals surface area contributed by atoms with Crippen LogP contribution < -0.4 is 0 Å². The molecule has 0 amide bonds. The summed E-state index contributed by atoms with van der Waals surface area (Å²) in [4.78, 5) is 6.79. The molecule has 1 fully saturated rings. The SMILES string of the molecule is O[C@@H](c1ccccn1)C1CCN(Cc2cccc(Cn3cccn3)c2)CC1. The van der Waals surface area contributed by atoms with Gasteiger partial charge >= 0.3 is 0 Å². The lowest BCUT2D eigenvalue weighted by Crippen LogP contribution is -2.35. The Morgan fingerprint density at radius 2 is 1.78 bits per heavy atom. The molecule has 1 aromatic carbocycles. The summed E-state index contributed by atoms with van der Waals surface area (Å²) < 4.78 is 1.95. The van der Waals surface area contributed by atoms with Crippen LogP contribution in [0.2, 0.25) is 0 Å². The number of rotatable bonds is 6.